The van der Waals surface area contributed by atoms with Crippen LogP contribution in [0.25, 0.3) is 0 Å². The molecule has 4 rings (SSSR count). The average Bonchev–Trinajstić information content (AvgIpc) is 3.07. The number of amides is 1. The monoisotopic (exact) mass is 410 g/mol. The minimum atomic E-state index is -0.606. The molecule has 1 aromatic heterocycles. The standard InChI is InChI=1S/C23H30N4O3/c1-22(2,29-3)15-26-21(28)20-17-6-4-5-7-18(17)23(30-20)9-12-27(13-10-23)19-14-16(24)8-11-25-19/h4-8,11,14,20H,9-10,12-13,15H2,1-3H3,(H2,24,25)(H,26,28)/t20-/m1/s1. The van der Waals surface area contributed by atoms with Crippen molar-refractivity contribution in [2.75, 3.05) is 37.4 Å². The molecule has 1 fully saturated rings. The molecule has 7 nitrogen and oxygen atoms in total. The Morgan fingerprint density at radius 2 is 2.07 bits per heavy atom. The smallest absolute Gasteiger partial charge is 0.253 e. The van der Waals surface area contributed by atoms with Gasteiger partial charge in [0.15, 0.2) is 6.10 Å². The van der Waals surface area contributed by atoms with Gasteiger partial charge in [-0.2, -0.15) is 0 Å². The molecule has 30 heavy (non-hydrogen) atoms. The molecule has 160 valence electrons. The van der Waals surface area contributed by atoms with E-state index in [-0.39, 0.29) is 5.91 Å². The van der Waals surface area contributed by atoms with Gasteiger partial charge in [-0.05, 0) is 43.9 Å². The molecule has 0 aliphatic carbocycles. The van der Waals surface area contributed by atoms with E-state index in [1.165, 1.54) is 0 Å². The fourth-order valence-electron chi connectivity index (χ4n) is 4.24. The number of methoxy groups -OCH3 is 1. The van der Waals surface area contributed by atoms with Crippen LogP contribution in [-0.4, -0.2) is 43.2 Å². The summed E-state index contributed by atoms with van der Waals surface area (Å²) in [7, 11) is 1.64. The second-order valence-corrected chi connectivity index (χ2v) is 8.70. The predicted octanol–water partition coefficient (Wildman–Crippen LogP) is 2.77. The lowest BCUT2D eigenvalue weighted by atomic mass is 9.83. The van der Waals surface area contributed by atoms with Gasteiger partial charge in [-0.1, -0.05) is 24.3 Å². The summed E-state index contributed by atoms with van der Waals surface area (Å²) >= 11 is 0. The summed E-state index contributed by atoms with van der Waals surface area (Å²) in [6.45, 7) is 5.88. The molecule has 1 spiro atoms. The molecule has 7 heteroatoms. The summed E-state index contributed by atoms with van der Waals surface area (Å²) in [4.78, 5) is 19.7. The van der Waals surface area contributed by atoms with Crippen molar-refractivity contribution in [1.82, 2.24) is 10.3 Å². The summed E-state index contributed by atoms with van der Waals surface area (Å²) in [6.07, 6.45) is 2.70. The second kappa shape index (κ2) is 7.89. The molecule has 2 aliphatic rings. The highest BCUT2D eigenvalue weighted by Crippen LogP contribution is 2.49. The van der Waals surface area contributed by atoms with E-state index in [2.05, 4.69) is 21.3 Å². The number of benzene rings is 1. The first-order chi connectivity index (χ1) is 14.3. The number of rotatable bonds is 5. The van der Waals surface area contributed by atoms with Crippen molar-refractivity contribution >= 4 is 17.4 Å². The number of piperidine rings is 1. The van der Waals surface area contributed by atoms with E-state index >= 15 is 0 Å². The maximum Gasteiger partial charge on any atom is 0.253 e. The zero-order valence-electron chi connectivity index (χ0n) is 17.9. The Labute approximate surface area is 177 Å². The summed E-state index contributed by atoms with van der Waals surface area (Å²) < 4.78 is 11.9. The number of nitrogens with zero attached hydrogens (tertiary/aromatic N) is 2. The Kier molecular flexibility index (Phi) is 5.42. The van der Waals surface area contributed by atoms with Gasteiger partial charge in [-0.15, -0.1) is 0 Å². The van der Waals surface area contributed by atoms with E-state index in [1.54, 1.807) is 19.4 Å². The third-order valence-electron chi connectivity index (χ3n) is 6.22. The normalized spacial score (nSPS) is 20.2. The molecular formula is C23H30N4O3. The topological polar surface area (TPSA) is 89.7 Å². The highest BCUT2D eigenvalue weighted by molar-refractivity contribution is 5.83. The summed E-state index contributed by atoms with van der Waals surface area (Å²) in [5, 5.41) is 3.00. The average molecular weight is 411 g/mol. The number of nitrogens with two attached hydrogens (primary N) is 1. The van der Waals surface area contributed by atoms with Crippen LogP contribution in [0.2, 0.25) is 0 Å². The second-order valence-electron chi connectivity index (χ2n) is 8.70. The lowest BCUT2D eigenvalue weighted by molar-refractivity contribution is -0.148. The van der Waals surface area contributed by atoms with Crippen LogP contribution < -0.4 is 16.0 Å². The number of hydrogen-bond acceptors (Lipinski definition) is 6. The van der Waals surface area contributed by atoms with Crippen LogP contribution in [0.15, 0.2) is 42.6 Å². The van der Waals surface area contributed by atoms with Crippen LogP contribution in [0.5, 0.6) is 0 Å². The zero-order chi connectivity index (χ0) is 21.4. The summed E-state index contributed by atoms with van der Waals surface area (Å²) in [6, 6.07) is 11.8. The lowest BCUT2D eigenvalue weighted by Crippen LogP contribution is -2.44. The number of carbonyl (C=O) groups is 1. The van der Waals surface area contributed by atoms with E-state index in [4.69, 9.17) is 15.2 Å². The Balaban J connectivity index is 1.51. The number of aromatic nitrogens is 1. The Morgan fingerprint density at radius 1 is 1.33 bits per heavy atom. The van der Waals surface area contributed by atoms with Crippen molar-refractivity contribution in [1.29, 1.82) is 0 Å². The summed E-state index contributed by atoms with van der Waals surface area (Å²) in [5.41, 5.74) is 7.83. The van der Waals surface area contributed by atoms with Gasteiger partial charge < -0.3 is 25.4 Å². The number of nitrogen functional groups attached to an aromatic ring is 1. The summed E-state index contributed by atoms with van der Waals surface area (Å²) in [5.74, 6) is 0.761. The van der Waals surface area contributed by atoms with Crippen LogP contribution in [0.1, 0.15) is 43.9 Å². The zero-order valence-corrected chi connectivity index (χ0v) is 17.9. The highest BCUT2D eigenvalue weighted by Gasteiger charge is 2.49. The van der Waals surface area contributed by atoms with E-state index in [1.807, 2.05) is 38.1 Å². The van der Waals surface area contributed by atoms with Crippen molar-refractivity contribution in [3.05, 3.63) is 53.7 Å². The Hall–Kier alpha value is -2.64. The molecule has 1 saturated heterocycles. The molecule has 0 unspecified atom stereocenters. The third-order valence-corrected chi connectivity index (χ3v) is 6.22. The van der Waals surface area contributed by atoms with Gasteiger partial charge in [-0.25, -0.2) is 4.98 Å². The third kappa shape index (κ3) is 3.87. The maximum absolute atomic E-state index is 13.0. The molecule has 2 aliphatic heterocycles. The number of fused-ring (bicyclic) bond motifs is 2. The van der Waals surface area contributed by atoms with Crippen molar-refractivity contribution < 1.29 is 14.3 Å². The molecule has 1 aromatic carbocycles. The first-order valence-corrected chi connectivity index (χ1v) is 10.4. The van der Waals surface area contributed by atoms with E-state index in [0.717, 1.165) is 42.9 Å². The van der Waals surface area contributed by atoms with Gasteiger partial charge in [0.1, 0.15) is 5.82 Å². The number of carbonyl (C=O) groups excluding carboxylic acids is 1. The molecule has 1 atom stereocenters. The minimum absolute atomic E-state index is 0.121. The molecule has 3 heterocycles. The van der Waals surface area contributed by atoms with Gasteiger partial charge in [0.2, 0.25) is 0 Å². The SMILES string of the molecule is COC(C)(C)CNC(=O)[C@@H]1OC2(CCN(c3cc(N)ccn3)CC2)c2ccccc21. The van der Waals surface area contributed by atoms with Crippen molar-refractivity contribution in [3.63, 3.8) is 0 Å². The fourth-order valence-corrected chi connectivity index (χ4v) is 4.24. The molecular weight excluding hydrogens is 380 g/mol. The first-order valence-electron chi connectivity index (χ1n) is 10.4. The largest absolute Gasteiger partial charge is 0.399 e. The Morgan fingerprint density at radius 3 is 2.77 bits per heavy atom. The number of nitrogens with one attached hydrogen (secondary N) is 1. The quantitative estimate of drug-likeness (QED) is 0.788. The highest BCUT2D eigenvalue weighted by atomic mass is 16.5. The fraction of sp³-hybridized carbons (Fsp3) is 0.478. The van der Waals surface area contributed by atoms with Gasteiger partial charge in [0.05, 0.1) is 11.2 Å². The van der Waals surface area contributed by atoms with Crippen molar-refractivity contribution in [3.8, 4) is 0 Å². The maximum atomic E-state index is 13.0. The first kappa shape index (κ1) is 20.6. The molecule has 0 radical (unpaired) electrons. The molecule has 1 amide bonds. The van der Waals surface area contributed by atoms with E-state index in [9.17, 15) is 4.79 Å². The molecule has 0 bridgehead atoms. The lowest BCUT2D eigenvalue weighted by Gasteiger charge is -2.40. The van der Waals surface area contributed by atoms with E-state index < -0.39 is 17.3 Å². The number of hydrogen-bond donors (Lipinski definition) is 2. The van der Waals surface area contributed by atoms with Crippen molar-refractivity contribution in [2.24, 2.45) is 0 Å². The van der Waals surface area contributed by atoms with Crippen molar-refractivity contribution in [2.45, 2.75) is 44.0 Å². The van der Waals surface area contributed by atoms with Crippen LogP contribution >= 0.6 is 0 Å². The number of anilines is 2. The number of pyridine rings is 1. The van der Waals surface area contributed by atoms with Crippen LogP contribution in [-0.2, 0) is 19.9 Å². The Bertz CT molecular complexity index is 922. The predicted molar refractivity (Wildman–Crippen MR) is 116 cm³/mol. The van der Waals surface area contributed by atoms with Gasteiger partial charge >= 0.3 is 0 Å². The van der Waals surface area contributed by atoms with Crippen LogP contribution in [0, 0.1) is 0 Å². The minimum Gasteiger partial charge on any atom is -0.399 e. The molecule has 3 N–H and O–H groups in total. The van der Waals surface area contributed by atoms with E-state index in [0.29, 0.717) is 12.2 Å². The van der Waals surface area contributed by atoms with Gasteiger partial charge in [0.25, 0.3) is 5.91 Å². The van der Waals surface area contributed by atoms with Gasteiger partial charge in [-0.3, -0.25) is 4.79 Å². The molecule has 0 saturated carbocycles. The van der Waals surface area contributed by atoms with Crippen LogP contribution in [0.3, 0.4) is 0 Å². The van der Waals surface area contributed by atoms with Gasteiger partial charge in [0, 0.05) is 44.7 Å². The molecule has 2 aromatic rings. The van der Waals surface area contributed by atoms with Crippen LogP contribution in [0.4, 0.5) is 11.5 Å². The number of ether oxygens (including phenoxy) is 2.